The zero-order chi connectivity index (χ0) is 23.1. The summed E-state index contributed by atoms with van der Waals surface area (Å²) in [4.78, 5) is 13.0. The van der Waals surface area contributed by atoms with Gasteiger partial charge >= 0.3 is 5.63 Å². The zero-order valence-electron chi connectivity index (χ0n) is 18.5. The van der Waals surface area contributed by atoms with Crippen LogP contribution in [-0.2, 0) is 0 Å². The van der Waals surface area contributed by atoms with Gasteiger partial charge < -0.3 is 13.4 Å². The number of hydrogen-bond donors (Lipinski definition) is 0. The molecule has 0 saturated carbocycles. The third kappa shape index (κ3) is 2.43. The number of aromatic nitrogens is 1. The second kappa shape index (κ2) is 6.61. The Morgan fingerprint density at radius 1 is 0.514 bits per heavy atom. The Hall–Kier alpha value is -4.83. The van der Waals surface area contributed by atoms with Crippen molar-refractivity contribution in [2.75, 3.05) is 0 Å². The van der Waals surface area contributed by atoms with Crippen molar-refractivity contribution in [3.63, 3.8) is 0 Å². The van der Waals surface area contributed by atoms with Crippen molar-refractivity contribution in [1.82, 2.24) is 4.57 Å². The molecule has 0 radical (unpaired) electrons. The highest BCUT2D eigenvalue weighted by Crippen LogP contribution is 2.40. The van der Waals surface area contributed by atoms with Crippen molar-refractivity contribution >= 4 is 65.5 Å². The fourth-order valence-electron chi connectivity index (χ4n) is 5.51. The summed E-state index contributed by atoms with van der Waals surface area (Å²) in [6, 6.07) is 34.4. The van der Waals surface area contributed by atoms with E-state index in [9.17, 15) is 4.79 Å². The Bertz CT molecular complexity index is 2190. The predicted octanol–water partition coefficient (Wildman–Crippen LogP) is 7.94. The highest BCUT2D eigenvalue weighted by atomic mass is 16.4. The Morgan fingerprint density at radius 3 is 1.97 bits per heavy atom. The quantitative estimate of drug-likeness (QED) is 0.188. The fourth-order valence-corrected chi connectivity index (χ4v) is 5.51. The minimum atomic E-state index is -0.338. The van der Waals surface area contributed by atoms with E-state index in [1.807, 2.05) is 60.7 Å². The van der Waals surface area contributed by atoms with Crippen molar-refractivity contribution < 1.29 is 8.83 Å². The summed E-state index contributed by atoms with van der Waals surface area (Å²) in [7, 11) is 0. The van der Waals surface area contributed by atoms with Crippen LogP contribution in [0.5, 0.6) is 0 Å². The SMILES string of the molecule is O=c1oc2ccccc2c2ccc(-n3c4ccccc4c4ccc5c6ccccc6oc5c43)cc12. The van der Waals surface area contributed by atoms with Crippen LogP contribution >= 0.6 is 0 Å². The smallest absolute Gasteiger partial charge is 0.344 e. The van der Waals surface area contributed by atoms with Gasteiger partial charge in [-0.2, -0.15) is 0 Å². The summed E-state index contributed by atoms with van der Waals surface area (Å²) < 4.78 is 14.3. The van der Waals surface area contributed by atoms with Crippen molar-refractivity contribution in [3.8, 4) is 5.69 Å². The number of furan rings is 1. The van der Waals surface area contributed by atoms with Gasteiger partial charge in [0.1, 0.15) is 11.2 Å². The molecular formula is C31H17NO3. The molecule has 0 aliphatic carbocycles. The van der Waals surface area contributed by atoms with E-state index >= 15 is 0 Å². The summed E-state index contributed by atoms with van der Waals surface area (Å²) in [6.45, 7) is 0. The lowest BCUT2D eigenvalue weighted by molar-refractivity contribution is 0.569. The van der Waals surface area contributed by atoms with Crippen molar-refractivity contribution in [2.45, 2.75) is 0 Å². The lowest BCUT2D eigenvalue weighted by Gasteiger charge is -2.10. The van der Waals surface area contributed by atoms with Crippen LogP contribution in [0.4, 0.5) is 0 Å². The lowest BCUT2D eigenvalue weighted by Crippen LogP contribution is -2.02. The lowest BCUT2D eigenvalue weighted by atomic mass is 10.1. The van der Waals surface area contributed by atoms with E-state index < -0.39 is 0 Å². The van der Waals surface area contributed by atoms with Gasteiger partial charge in [0.25, 0.3) is 0 Å². The van der Waals surface area contributed by atoms with Crippen molar-refractivity contribution in [3.05, 3.63) is 114 Å². The molecule has 0 unspecified atom stereocenters. The third-order valence-electron chi connectivity index (χ3n) is 7.04. The average molecular weight is 451 g/mol. The molecule has 0 bridgehead atoms. The molecule has 0 amide bonds. The monoisotopic (exact) mass is 451 g/mol. The first-order chi connectivity index (χ1) is 17.3. The van der Waals surface area contributed by atoms with Gasteiger partial charge in [0.2, 0.25) is 0 Å². The molecule has 0 saturated heterocycles. The fraction of sp³-hybridized carbons (Fsp3) is 0. The minimum absolute atomic E-state index is 0.338. The Kier molecular flexibility index (Phi) is 3.51. The Balaban J connectivity index is 1.56. The molecule has 5 aromatic carbocycles. The molecule has 164 valence electrons. The summed E-state index contributed by atoms with van der Waals surface area (Å²) in [6.07, 6.45) is 0. The van der Waals surface area contributed by atoms with Gasteiger partial charge in [0.05, 0.1) is 16.4 Å². The highest BCUT2D eigenvalue weighted by molar-refractivity contribution is 6.21. The second-order valence-electron chi connectivity index (χ2n) is 8.90. The number of benzene rings is 5. The van der Waals surface area contributed by atoms with E-state index in [2.05, 4.69) is 47.0 Å². The molecule has 0 atom stereocenters. The molecule has 3 heterocycles. The average Bonchev–Trinajstić information content (AvgIpc) is 3.45. The first kappa shape index (κ1) is 18.6. The molecule has 0 fully saturated rings. The van der Waals surface area contributed by atoms with E-state index in [4.69, 9.17) is 8.83 Å². The Morgan fingerprint density at radius 2 is 1.14 bits per heavy atom. The van der Waals surface area contributed by atoms with E-state index in [1.54, 1.807) is 0 Å². The number of para-hydroxylation sites is 3. The molecule has 4 nitrogen and oxygen atoms in total. The summed E-state index contributed by atoms with van der Waals surface area (Å²) in [5, 5.41) is 6.78. The molecule has 0 spiro atoms. The van der Waals surface area contributed by atoms with E-state index in [0.29, 0.717) is 11.0 Å². The maximum atomic E-state index is 13.0. The first-order valence-electron chi connectivity index (χ1n) is 11.6. The first-order valence-corrected chi connectivity index (χ1v) is 11.6. The summed E-state index contributed by atoms with van der Waals surface area (Å²) in [5.74, 6) is 0. The van der Waals surface area contributed by atoms with Gasteiger partial charge in [-0.25, -0.2) is 4.79 Å². The number of hydrogen-bond acceptors (Lipinski definition) is 3. The van der Waals surface area contributed by atoms with Gasteiger partial charge in [-0.1, -0.05) is 66.7 Å². The maximum absolute atomic E-state index is 13.0. The van der Waals surface area contributed by atoms with Crippen LogP contribution in [0.15, 0.2) is 117 Å². The van der Waals surface area contributed by atoms with Crippen LogP contribution in [0, 0.1) is 0 Å². The topological polar surface area (TPSA) is 48.3 Å². The van der Waals surface area contributed by atoms with Crippen molar-refractivity contribution in [1.29, 1.82) is 0 Å². The molecule has 3 aromatic heterocycles. The summed E-state index contributed by atoms with van der Waals surface area (Å²) in [5.41, 5.74) is 4.89. The number of rotatable bonds is 1. The van der Waals surface area contributed by atoms with Crippen LogP contribution < -0.4 is 5.63 Å². The Labute approximate surface area is 198 Å². The largest absolute Gasteiger partial charge is 0.454 e. The normalized spacial score (nSPS) is 12.1. The van der Waals surface area contributed by atoms with Gasteiger partial charge in [-0.05, 0) is 36.4 Å². The van der Waals surface area contributed by atoms with Gasteiger partial charge in [-0.15, -0.1) is 0 Å². The van der Waals surface area contributed by atoms with Crippen molar-refractivity contribution in [2.24, 2.45) is 0 Å². The molecule has 0 aliphatic heterocycles. The van der Waals surface area contributed by atoms with E-state index in [0.717, 1.165) is 60.2 Å². The van der Waals surface area contributed by atoms with Crippen LogP contribution in [0.25, 0.3) is 71.2 Å². The molecule has 4 heteroatoms. The number of fused-ring (bicyclic) bond motifs is 10. The van der Waals surface area contributed by atoms with Gasteiger partial charge in [0, 0.05) is 38.0 Å². The van der Waals surface area contributed by atoms with Gasteiger partial charge in [-0.3, -0.25) is 0 Å². The zero-order valence-corrected chi connectivity index (χ0v) is 18.5. The third-order valence-corrected chi connectivity index (χ3v) is 7.04. The van der Waals surface area contributed by atoms with E-state index in [1.165, 1.54) is 0 Å². The van der Waals surface area contributed by atoms with Crippen LogP contribution in [0.2, 0.25) is 0 Å². The molecule has 8 aromatic rings. The second-order valence-corrected chi connectivity index (χ2v) is 8.90. The molecular weight excluding hydrogens is 434 g/mol. The molecule has 0 N–H and O–H groups in total. The molecule has 0 aliphatic rings. The highest BCUT2D eigenvalue weighted by Gasteiger charge is 2.19. The summed E-state index contributed by atoms with van der Waals surface area (Å²) >= 11 is 0. The van der Waals surface area contributed by atoms with Crippen LogP contribution in [0.3, 0.4) is 0 Å². The maximum Gasteiger partial charge on any atom is 0.344 e. The van der Waals surface area contributed by atoms with Crippen LogP contribution in [0.1, 0.15) is 0 Å². The van der Waals surface area contributed by atoms with Crippen LogP contribution in [-0.4, -0.2) is 4.57 Å². The van der Waals surface area contributed by atoms with E-state index in [-0.39, 0.29) is 5.63 Å². The molecule has 35 heavy (non-hydrogen) atoms. The molecule has 8 rings (SSSR count). The minimum Gasteiger partial charge on any atom is -0.454 e. The predicted molar refractivity (Wildman–Crippen MR) is 142 cm³/mol. The van der Waals surface area contributed by atoms with Gasteiger partial charge in [0.15, 0.2) is 5.58 Å². The standard InChI is InChI=1S/C31H17NO3/c33-31-25-17-18(13-14-19(25)21-8-2-6-12-28(21)35-31)32-26-10-4-1-7-20(26)23-15-16-24-22-9-3-5-11-27(22)34-30(24)29(23)32/h1-17H. The number of nitrogens with zero attached hydrogens (tertiary/aromatic N) is 1.